The smallest absolute Gasteiger partial charge is 0.226 e. The van der Waals surface area contributed by atoms with Gasteiger partial charge in [0, 0.05) is 17.5 Å². The van der Waals surface area contributed by atoms with Crippen LogP contribution in [-0.4, -0.2) is 30.5 Å². The number of hydrogen-bond donors (Lipinski definition) is 2. The van der Waals surface area contributed by atoms with Crippen molar-refractivity contribution < 1.29 is 4.79 Å². The first-order valence-corrected chi connectivity index (χ1v) is 9.07. The van der Waals surface area contributed by atoms with Crippen molar-refractivity contribution in [1.82, 2.24) is 15.6 Å². The van der Waals surface area contributed by atoms with Crippen molar-refractivity contribution >= 4 is 42.1 Å². The van der Waals surface area contributed by atoms with E-state index in [1.54, 1.807) is 11.3 Å². The molecule has 3 rings (SSSR count). The number of thiazole rings is 1. The van der Waals surface area contributed by atoms with Crippen LogP contribution in [0.15, 0.2) is 29.6 Å². The lowest BCUT2D eigenvalue weighted by atomic mass is 10.1. The summed E-state index contributed by atoms with van der Waals surface area (Å²) in [5.74, 6) is 0.777. The van der Waals surface area contributed by atoms with Crippen LogP contribution in [0.4, 0.5) is 0 Å². The molecule has 7 heteroatoms. The zero-order valence-corrected chi connectivity index (χ0v) is 16.7. The van der Waals surface area contributed by atoms with Gasteiger partial charge in [-0.15, -0.1) is 36.2 Å². The SMILES string of the molecule is Cc1cccc(-c2nc(CC(=O)NCCC3CCNC3)cs2)c1.Cl.Cl. The molecule has 1 aliphatic heterocycles. The first-order chi connectivity index (χ1) is 11.2. The lowest BCUT2D eigenvalue weighted by Gasteiger charge is -2.08. The number of nitrogens with one attached hydrogen (secondary N) is 2. The molecule has 0 radical (unpaired) electrons. The van der Waals surface area contributed by atoms with Crippen molar-refractivity contribution in [2.75, 3.05) is 19.6 Å². The summed E-state index contributed by atoms with van der Waals surface area (Å²) in [7, 11) is 0. The Bertz CT molecular complexity index is 672. The monoisotopic (exact) mass is 401 g/mol. The number of rotatable bonds is 6. The molecule has 1 unspecified atom stereocenters. The number of aryl methyl sites for hydroxylation is 1. The second kappa shape index (κ2) is 10.8. The minimum atomic E-state index is 0. The molecule has 2 N–H and O–H groups in total. The summed E-state index contributed by atoms with van der Waals surface area (Å²) in [6.45, 7) is 5.03. The van der Waals surface area contributed by atoms with Crippen LogP contribution in [0.2, 0.25) is 0 Å². The highest BCUT2D eigenvalue weighted by Crippen LogP contribution is 2.24. The third kappa shape index (κ3) is 6.59. The van der Waals surface area contributed by atoms with E-state index in [-0.39, 0.29) is 30.7 Å². The van der Waals surface area contributed by atoms with Gasteiger partial charge in [0.05, 0.1) is 12.1 Å². The number of amides is 1. The summed E-state index contributed by atoms with van der Waals surface area (Å²) in [5.41, 5.74) is 3.19. The Morgan fingerprint density at radius 2 is 2.24 bits per heavy atom. The third-order valence-electron chi connectivity index (χ3n) is 4.20. The van der Waals surface area contributed by atoms with Gasteiger partial charge in [0.1, 0.15) is 5.01 Å². The normalized spacial score (nSPS) is 16.0. The minimum Gasteiger partial charge on any atom is -0.356 e. The molecule has 4 nitrogen and oxygen atoms in total. The highest BCUT2D eigenvalue weighted by molar-refractivity contribution is 7.13. The van der Waals surface area contributed by atoms with E-state index in [4.69, 9.17) is 0 Å². The van der Waals surface area contributed by atoms with Gasteiger partial charge in [-0.25, -0.2) is 4.98 Å². The number of halogens is 2. The van der Waals surface area contributed by atoms with Crippen molar-refractivity contribution in [1.29, 1.82) is 0 Å². The molecule has 0 aliphatic carbocycles. The molecule has 1 fully saturated rings. The fourth-order valence-electron chi connectivity index (χ4n) is 2.90. The van der Waals surface area contributed by atoms with Crippen LogP contribution in [-0.2, 0) is 11.2 Å². The van der Waals surface area contributed by atoms with Gasteiger partial charge in [0.2, 0.25) is 5.91 Å². The average molecular weight is 402 g/mol. The second-order valence-electron chi connectivity index (χ2n) is 6.19. The molecular weight excluding hydrogens is 377 g/mol. The number of nitrogens with zero attached hydrogens (tertiary/aromatic N) is 1. The van der Waals surface area contributed by atoms with Crippen LogP contribution in [0.25, 0.3) is 10.6 Å². The second-order valence-corrected chi connectivity index (χ2v) is 7.05. The Balaban J connectivity index is 0.00000156. The Morgan fingerprint density at radius 3 is 2.96 bits per heavy atom. The predicted molar refractivity (Wildman–Crippen MR) is 109 cm³/mol. The molecule has 1 saturated heterocycles. The Kier molecular flexibility index (Phi) is 9.43. The topological polar surface area (TPSA) is 54.0 Å². The predicted octanol–water partition coefficient (Wildman–Crippen LogP) is 3.62. The lowest BCUT2D eigenvalue weighted by Crippen LogP contribution is -2.27. The number of carbonyl (C=O) groups excluding carboxylic acids is 1. The minimum absolute atomic E-state index is 0. The molecule has 1 atom stereocenters. The maximum absolute atomic E-state index is 12.0. The highest BCUT2D eigenvalue weighted by Gasteiger charge is 2.14. The van der Waals surface area contributed by atoms with E-state index in [0.717, 1.165) is 42.3 Å². The molecule has 2 heterocycles. The van der Waals surface area contributed by atoms with Gasteiger partial charge in [0.15, 0.2) is 0 Å². The van der Waals surface area contributed by atoms with Gasteiger partial charge in [-0.2, -0.15) is 0 Å². The van der Waals surface area contributed by atoms with Crippen LogP contribution in [0.1, 0.15) is 24.1 Å². The maximum Gasteiger partial charge on any atom is 0.226 e. The van der Waals surface area contributed by atoms with E-state index >= 15 is 0 Å². The van der Waals surface area contributed by atoms with E-state index in [1.165, 1.54) is 12.0 Å². The molecule has 1 aromatic heterocycles. The van der Waals surface area contributed by atoms with Crippen molar-refractivity contribution in [3.63, 3.8) is 0 Å². The molecule has 1 aliphatic rings. The summed E-state index contributed by atoms with van der Waals surface area (Å²) in [6, 6.07) is 8.30. The summed E-state index contributed by atoms with van der Waals surface area (Å²) < 4.78 is 0. The molecule has 138 valence electrons. The summed E-state index contributed by atoms with van der Waals surface area (Å²) >= 11 is 1.60. The van der Waals surface area contributed by atoms with E-state index in [2.05, 4.69) is 40.7 Å². The van der Waals surface area contributed by atoms with Gasteiger partial charge in [0.25, 0.3) is 0 Å². The lowest BCUT2D eigenvalue weighted by molar-refractivity contribution is -0.120. The van der Waals surface area contributed by atoms with Gasteiger partial charge in [-0.1, -0.05) is 23.8 Å². The zero-order valence-electron chi connectivity index (χ0n) is 14.3. The summed E-state index contributed by atoms with van der Waals surface area (Å²) in [4.78, 5) is 16.6. The Labute approximate surface area is 165 Å². The van der Waals surface area contributed by atoms with Crippen LogP contribution >= 0.6 is 36.2 Å². The Morgan fingerprint density at radius 1 is 1.40 bits per heavy atom. The zero-order chi connectivity index (χ0) is 16.1. The van der Waals surface area contributed by atoms with Crippen molar-refractivity contribution in [2.45, 2.75) is 26.2 Å². The van der Waals surface area contributed by atoms with Crippen LogP contribution < -0.4 is 10.6 Å². The molecule has 0 bridgehead atoms. The van der Waals surface area contributed by atoms with E-state index in [0.29, 0.717) is 12.3 Å². The van der Waals surface area contributed by atoms with E-state index < -0.39 is 0 Å². The highest BCUT2D eigenvalue weighted by atomic mass is 35.5. The van der Waals surface area contributed by atoms with Crippen LogP contribution in [0.3, 0.4) is 0 Å². The van der Waals surface area contributed by atoms with E-state index in [1.807, 2.05) is 11.4 Å². The van der Waals surface area contributed by atoms with Crippen molar-refractivity contribution in [3.05, 3.63) is 40.9 Å². The Hall–Kier alpha value is -1.14. The first kappa shape index (κ1) is 21.9. The van der Waals surface area contributed by atoms with Crippen LogP contribution in [0, 0.1) is 12.8 Å². The number of carbonyl (C=O) groups is 1. The number of hydrogen-bond acceptors (Lipinski definition) is 4. The number of aromatic nitrogens is 1. The fraction of sp³-hybridized carbons (Fsp3) is 0.444. The summed E-state index contributed by atoms with van der Waals surface area (Å²) in [6.07, 6.45) is 2.65. The quantitative estimate of drug-likeness (QED) is 0.776. The largest absolute Gasteiger partial charge is 0.356 e. The first-order valence-electron chi connectivity index (χ1n) is 8.19. The van der Waals surface area contributed by atoms with Gasteiger partial charge < -0.3 is 10.6 Å². The van der Waals surface area contributed by atoms with Gasteiger partial charge in [-0.05, 0) is 44.8 Å². The van der Waals surface area contributed by atoms with Gasteiger partial charge in [-0.3, -0.25) is 4.79 Å². The van der Waals surface area contributed by atoms with Gasteiger partial charge >= 0.3 is 0 Å². The molecular formula is C18H25Cl2N3OS. The molecule has 0 saturated carbocycles. The molecule has 0 spiro atoms. The fourth-order valence-corrected chi connectivity index (χ4v) is 3.72. The van der Waals surface area contributed by atoms with E-state index in [9.17, 15) is 4.79 Å². The van der Waals surface area contributed by atoms with Crippen molar-refractivity contribution in [2.24, 2.45) is 5.92 Å². The third-order valence-corrected chi connectivity index (χ3v) is 5.14. The number of benzene rings is 1. The standard InChI is InChI=1S/C18H23N3OS.2ClH/c1-13-3-2-4-15(9-13)18-21-16(12-23-18)10-17(22)20-8-6-14-5-7-19-11-14;;/h2-4,9,12,14,19H,5-8,10-11H2,1H3,(H,20,22);2*1H. The molecule has 25 heavy (non-hydrogen) atoms. The molecule has 2 aromatic rings. The average Bonchev–Trinajstić information content (AvgIpc) is 3.19. The maximum atomic E-state index is 12.0. The van der Waals surface area contributed by atoms with Crippen molar-refractivity contribution in [3.8, 4) is 10.6 Å². The van der Waals surface area contributed by atoms with Crippen LogP contribution in [0.5, 0.6) is 0 Å². The molecule has 1 amide bonds. The summed E-state index contributed by atoms with van der Waals surface area (Å²) in [5, 5.41) is 9.33. The molecule has 1 aromatic carbocycles.